The van der Waals surface area contributed by atoms with Crippen molar-refractivity contribution in [3.63, 3.8) is 0 Å². The summed E-state index contributed by atoms with van der Waals surface area (Å²) in [6.07, 6.45) is 1.10. The minimum atomic E-state index is -0.178. The Morgan fingerprint density at radius 3 is 2.39 bits per heavy atom. The largest absolute Gasteiger partial charge is 0.496 e. The van der Waals surface area contributed by atoms with E-state index in [1.165, 1.54) is 7.11 Å². The van der Waals surface area contributed by atoms with E-state index in [1.54, 1.807) is 7.11 Å². The molecule has 3 nitrogen and oxygen atoms in total. The molecule has 0 aromatic heterocycles. The first kappa shape index (κ1) is 14.6. The fraction of sp³-hybridized carbons (Fsp3) is 0.533. The fourth-order valence-corrected chi connectivity index (χ4v) is 1.85. The Morgan fingerprint density at radius 1 is 1.22 bits per heavy atom. The van der Waals surface area contributed by atoms with Gasteiger partial charge < -0.3 is 9.47 Å². The lowest BCUT2D eigenvalue weighted by Crippen LogP contribution is -2.13. The third kappa shape index (κ3) is 3.76. The molecule has 0 spiro atoms. The summed E-state index contributed by atoms with van der Waals surface area (Å²) >= 11 is 0. The number of esters is 1. The highest BCUT2D eigenvalue weighted by molar-refractivity contribution is 5.69. The Bertz CT molecular complexity index is 416. The van der Waals surface area contributed by atoms with E-state index in [2.05, 4.69) is 31.6 Å². The van der Waals surface area contributed by atoms with Crippen molar-refractivity contribution in [3.8, 4) is 5.75 Å². The zero-order chi connectivity index (χ0) is 13.8. The summed E-state index contributed by atoms with van der Waals surface area (Å²) in [7, 11) is 3.09. The third-order valence-corrected chi connectivity index (χ3v) is 2.92. The van der Waals surface area contributed by atoms with Gasteiger partial charge in [-0.15, -0.1) is 0 Å². The van der Waals surface area contributed by atoms with Gasteiger partial charge in [0.2, 0.25) is 0 Å². The quantitative estimate of drug-likeness (QED) is 0.770. The van der Waals surface area contributed by atoms with Gasteiger partial charge in [-0.3, -0.25) is 4.79 Å². The summed E-state index contributed by atoms with van der Waals surface area (Å²) in [5.74, 6) is 0.715. The number of aryl methyl sites for hydroxylation is 1. The van der Waals surface area contributed by atoms with Crippen LogP contribution in [0.5, 0.6) is 5.75 Å². The van der Waals surface area contributed by atoms with E-state index in [0.29, 0.717) is 12.8 Å². The van der Waals surface area contributed by atoms with Gasteiger partial charge in [-0.2, -0.15) is 0 Å². The molecule has 0 radical (unpaired) electrons. The van der Waals surface area contributed by atoms with Gasteiger partial charge in [-0.25, -0.2) is 0 Å². The number of carbonyl (C=O) groups is 1. The first-order valence-corrected chi connectivity index (χ1v) is 6.12. The van der Waals surface area contributed by atoms with Crippen LogP contribution in [-0.4, -0.2) is 20.2 Å². The van der Waals surface area contributed by atoms with E-state index < -0.39 is 0 Å². The molecule has 0 unspecified atom stereocenters. The molecule has 3 heteroatoms. The molecule has 0 atom stereocenters. The van der Waals surface area contributed by atoms with Crippen molar-refractivity contribution in [2.24, 2.45) is 0 Å². The van der Waals surface area contributed by atoms with Crippen LogP contribution in [0.15, 0.2) is 18.2 Å². The Morgan fingerprint density at radius 2 is 1.89 bits per heavy atom. The number of methoxy groups -OCH3 is 2. The molecule has 0 bridgehead atoms. The van der Waals surface area contributed by atoms with Gasteiger partial charge in [-0.1, -0.05) is 32.9 Å². The molecule has 0 N–H and O–H groups in total. The van der Waals surface area contributed by atoms with Gasteiger partial charge in [-0.05, 0) is 29.0 Å². The molecule has 0 amide bonds. The molecule has 0 aliphatic heterocycles. The van der Waals surface area contributed by atoms with E-state index in [-0.39, 0.29) is 11.4 Å². The van der Waals surface area contributed by atoms with E-state index >= 15 is 0 Å². The standard InChI is InChI=1S/C15H22O3/c1-15(2,3)12-10-11(6-8-13(12)17-4)7-9-14(16)18-5/h6,8,10H,7,9H2,1-5H3. The van der Waals surface area contributed by atoms with Gasteiger partial charge in [0, 0.05) is 6.42 Å². The summed E-state index contributed by atoms with van der Waals surface area (Å²) < 4.78 is 10.0. The number of benzene rings is 1. The molecule has 0 aliphatic rings. The van der Waals surface area contributed by atoms with E-state index in [4.69, 9.17) is 4.74 Å². The fourth-order valence-electron chi connectivity index (χ4n) is 1.85. The lowest BCUT2D eigenvalue weighted by Gasteiger charge is -2.22. The van der Waals surface area contributed by atoms with Crippen LogP contribution < -0.4 is 4.74 Å². The maximum atomic E-state index is 11.1. The van der Waals surface area contributed by atoms with Gasteiger partial charge in [0.25, 0.3) is 0 Å². The highest BCUT2D eigenvalue weighted by atomic mass is 16.5. The first-order valence-electron chi connectivity index (χ1n) is 6.12. The van der Waals surface area contributed by atoms with Gasteiger partial charge in [0.15, 0.2) is 0 Å². The zero-order valence-corrected chi connectivity index (χ0v) is 11.9. The first-order chi connectivity index (χ1) is 8.38. The summed E-state index contributed by atoms with van der Waals surface area (Å²) in [4.78, 5) is 11.1. The van der Waals surface area contributed by atoms with Crippen molar-refractivity contribution in [1.82, 2.24) is 0 Å². The Hall–Kier alpha value is -1.51. The molecule has 1 aromatic rings. The summed E-state index contributed by atoms with van der Waals surface area (Å²) in [5, 5.41) is 0. The van der Waals surface area contributed by atoms with Crippen LogP contribution in [0, 0.1) is 0 Å². The van der Waals surface area contributed by atoms with Crippen molar-refractivity contribution in [1.29, 1.82) is 0 Å². The summed E-state index contributed by atoms with van der Waals surface area (Å²) in [6, 6.07) is 6.08. The highest BCUT2D eigenvalue weighted by Gasteiger charge is 2.19. The monoisotopic (exact) mass is 250 g/mol. The molecule has 0 fully saturated rings. The van der Waals surface area contributed by atoms with Crippen LogP contribution in [0.3, 0.4) is 0 Å². The number of rotatable bonds is 4. The van der Waals surface area contributed by atoms with Crippen molar-refractivity contribution in [3.05, 3.63) is 29.3 Å². The van der Waals surface area contributed by atoms with Crippen molar-refractivity contribution in [2.75, 3.05) is 14.2 Å². The molecule has 0 heterocycles. The van der Waals surface area contributed by atoms with Crippen LogP contribution in [0.25, 0.3) is 0 Å². The van der Waals surface area contributed by atoms with Crippen LogP contribution in [-0.2, 0) is 21.4 Å². The molecular formula is C15H22O3. The zero-order valence-electron chi connectivity index (χ0n) is 11.9. The second kappa shape index (κ2) is 5.89. The Labute approximate surface area is 109 Å². The summed E-state index contributed by atoms with van der Waals surface area (Å²) in [5.41, 5.74) is 2.31. The third-order valence-electron chi connectivity index (χ3n) is 2.92. The van der Waals surface area contributed by atoms with Crippen LogP contribution in [0.1, 0.15) is 38.3 Å². The Kier molecular flexibility index (Phi) is 4.76. The number of ether oxygens (including phenoxy) is 2. The van der Waals surface area contributed by atoms with E-state index in [1.807, 2.05) is 12.1 Å². The van der Waals surface area contributed by atoms with Crippen LogP contribution in [0.4, 0.5) is 0 Å². The second-order valence-corrected chi connectivity index (χ2v) is 5.36. The smallest absolute Gasteiger partial charge is 0.305 e. The molecule has 0 saturated carbocycles. The van der Waals surface area contributed by atoms with Gasteiger partial charge >= 0.3 is 5.97 Å². The number of carbonyl (C=O) groups excluding carboxylic acids is 1. The van der Waals surface area contributed by atoms with Gasteiger partial charge in [0.05, 0.1) is 14.2 Å². The molecule has 1 rings (SSSR count). The number of hydrogen-bond donors (Lipinski definition) is 0. The maximum absolute atomic E-state index is 11.1. The van der Waals surface area contributed by atoms with Crippen LogP contribution in [0.2, 0.25) is 0 Å². The predicted molar refractivity (Wildman–Crippen MR) is 72.0 cm³/mol. The maximum Gasteiger partial charge on any atom is 0.305 e. The predicted octanol–water partition coefficient (Wildman–Crippen LogP) is 3.10. The minimum Gasteiger partial charge on any atom is -0.496 e. The molecule has 0 saturated heterocycles. The number of hydrogen-bond acceptors (Lipinski definition) is 3. The van der Waals surface area contributed by atoms with E-state index in [0.717, 1.165) is 16.9 Å². The Balaban J connectivity index is 2.93. The molecule has 100 valence electrons. The normalized spacial score (nSPS) is 11.2. The highest BCUT2D eigenvalue weighted by Crippen LogP contribution is 2.32. The average molecular weight is 250 g/mol. The molecule has 1 aromatic carbocycles. The SMILES string of the molecule is COC(=O)CCc1ccc(OC)c(C(C)(C)C)c1. The van der Waals surface area contributed by atoms with Crippen molar-refractivity contribution >= 4 is 5.97 Å². The molecular weight excluding hydrogens is 228 g/mol. The van der Waals surface area contributed by atoms with Crippen molar-refractivity contribution < 1.29 is 14.3 Å². The van der Waals surface area contributed by atoms with Crippen LogP contribution >= 0.6 is 0 Å². The summed E-state index contributed by atoms with van der Waals surface area (Å²) in [6.45, 7) is 6.44. The average Bonchev–Trinajstić information content (AvgIpc) is 2.34. The van der Waals surface area contributed by atoms with E-state index in [9.17, 15) is 4.79 Å². The lowest BCUT2D eigenvalue weighted by molar-refractivity contribution is -0.140. The van der Waals surface area contributed by atoms with Crippen molar-refractivity contribution in [2.45, 2.75) is 39.0 Å². The topological polar surface area (TPSA) is 35.5 Å². The second-order valence-electron chi connectivity index (χ2n) is 5.36. The van der Waals surface area contributed by atoms with Gasteiger partial charge in [0.1, 0.15) is 5.75 Å². The minimum absolute atomic E-state index is 0.0205. The lowest BCUT2D eigenvalue weighted by atomic mass is 9.85. The molecule has 18 heavy (non-hydrogen) atoms. The molecule has 0 aliphatic carbocycles.